The summed E-state index contributed by atoms with van der Waals surface area (Å²) in [7, 11) is 0. The average Bonchev–Trinajstić information content (AvgIpc) is 3.07. The molecule has 0 aromatic carbocycles. The second-order valence-corrected chi connectivity index (χ2v) is 6.33. The molecule has 2 atom stereocenters. The van der Waals surface area contributed by atoms with E-state index in [1.165, 1.54) is 0 Å². The van der Waals surface area contributed by atoms with E-state index in [2.05, 4.69) is 40.6 Å². The summed E-state index contributed by atoms with van der Waals surface area (Å²) in [4.78, 5) is 8.80. The molecule has 1 N–H and O–H groups in total. The van der Waals surface area contributed by atoms with E-state index in [1.54, 1.807) is 6.07 Å². The number of ether oxygens (including phenoxy) is 1. The maximum absolute atomic E-state index is 6.15. The number of hydrogen-bond acceptors (Lipinski definition) is 4. The van der Waals surface area contributed by atoms with Crippen LogP contribution in [0, 0.1) is 5.92 Å². The highest BCUT2D eigenvalue weighted by molar-refractivity contribution is 6.30. The van der Waals surface area contributed by atoms with Crippen molar-refractivity contribution in [2.75, 3.05) is 13.1 Å². The Kier molecular flexibility index (Phi) is 4.04. The van der Waals surface area contributed by atoms with Crippen LogP contribution in [0.1, 0.15) is 33.2 Å². The Morgan fingerprint density at radius 3 is 2.90 bits per heavy atom. The van der Waals surface area contributed by atoms with Crippen LogP contribution in [0.25, 0.3) is 11.0 Å². The standard InChI is InChI=1S/C15H21ClN4O/c1-9(2)20-8-18-12-6-13(16)19-15(14(12)20)21-10(3)11-4-5-17-7-11/h6,8-11,17H,4-5,7H2,1-3H3/t10-,11-/m1/s1. The highest BCUT2D eigenvalue weighted by Crippen LogP contribution is 2.30. The first-order valence-corrected chi connectivity index (χ1v) is 7.84. The molecule has 5 nitrogen and oxygen atoms in total. The predicted molar refractivity (Wildman–Crippen MR) is 84.0 cm³/mol. The van der Waals surface area contributed by atoms with Crippen LogP contribution < -0.4 is 10.1 Å². The Bertz CT molecular complexity index is 634. The number of hydrogen-bond donors (Lipinski definition) is 1. The molecule has 6 heteroatoms. The molecule has 0 amide bonds. The molecule has 2 aromatic rings. The Morgan fingerprint density at radius 2 is 2.24 bits per heavy atom. The Labute approximate surface area is 129 Å². The molecule has 2 aromatic heterocycles. The van der Waals surface area contributed by atoms with Crippen molar-refractivity contribution in [1.29, 1.82) is 0 Å². The number of aromatic nitrogens is 3. The molecule has 0 spiro atoms. The molecular weight excluding hydrogens is 288 g/mol. The topological polar surface area (TPSA) is 52.0 Å². The van der Waals surface area contributed by atoms with E-state index in [0.717, 1.165) is 30.5 Å². The van der Waals surface area contributed by atoms with Crippen LogP contribution in [0.4, 0.5) is 0 Å². The van der Waals surface area contributed by atoms with Crippen molar-refractivity contribution in [3.05, 3.63) is 17.5 Å². The maximum Gasteiger partial charge on any atom is 0.241 e. The van der Waals surface area contributed by atoms with Gasteiger partial charge in [0.15, 0.2) is 0 Å². The zero-order chi connectivity index (χ0) is 15.0. The van der Waals surface area contributed by atoms with Gasteiger partial charge in [-0.2, -0.15) is 4.98 Å². The van der Waals surface area contributed by atoms with Gasteiger partial charge >= 0.3 is 0 Å². The fourth-order valence-corrected chi connectivity index (χ4v) is 3.00. The number of imidazole rings is 1. The summed E-state index contributed by atoms with van der Waals surface area (Å²) in [5, 5.41) is 3.79. The third kappa shape index (κ3) is 2.85. The van der Waals surface area contributed by atoms with Crippen molar-refractivity contribution >= 4 is 22.6 Å². The van der Waals surface area contributed by atoms with Gasteiger partial charge in [-0.3, -0.25) is 0 Å². The van der Waals surface area contributed by atoms with Crippen LogP contribution in [0.2, 0.25) is 5.15 Å². The fourth-order valence-electron chi connectivity index (χ4n) is 2.82. The van der Waals surface area contributed by atoms with Gasteiger partial charge in [0.2, 0.25) is 5.88 Å². The molecule has 114 valence electrons. The number of nitrogens with zero attached hydrogens (tertiary/aromatic N) is 3. The summed E-state index contributed by atoms with van der Waals surface area (Å²) in [6, 6.07) is 2.08. The highest BCUT2D eigenvalue weighted by atomic mass is 35.5. The molecule has 3 rings (SSSR count). The van der Waals surface area contributed by atoms with E-state index in [-0.39, 0.29) is 6.10 Å². The summed E-state index contributed by atoms with van der Waals surface area (Å²) >= 11 is 6.10. The minimum Gasteiger partial charge on any atom is -0.473 e. The summed E-state index contributed by atoms with van der Waals surface area (Å²) in [6.45, 7) is 8.38. The van der Waals surface area contributed by atoms with Crippen molar-refractivity contribution in [3.8, 4) is 5.88 Å². The normalized spacial score (nSPS) is 20.3. The first kappa shape index (κ1) is 14.6. The van der Waals surface area contributed by atoms with Gasteiger partial charge in [-0.05, 0) is 33.7 Å². The zero-order valence-electron chi connectivity index (χ0n) is 12.6. The lowest BCUT2D eigenvalue weighted by Crippen LogP contribution is -2.26. The van der Waals surface area contributed by atoms with E-state index in [1.807, 2.05) is 6.33 Å². The smallest absolute Gasteiger partial charge is 0.241 e. The molecule has 0 radical (unpaired) electrons. The van der Waals surface area contributed by atoms with Crippen LogP contribution in [-0.4, -0.2) is 33.7 Å². The molecule has 3 heterocycles. The molecule has 1 aliphatic rings. The number of fused-ring (bicyclic) bond motifs is 1. The molecule has 0 saturated carbocycles. The molecule has 0 unspecified atom stereocenters. The van der Waals surface area contributed by atoms with Gasteiger partial charge in [0.05, 0.1) is 11.8 Å². The zero-order valence-corrected chi connectivity index (χ0v) is 13.4. The third-order valence-corrected chi connectivity index (χ3v) is 4.30. The number of pyridine rings is 1. The van der Waals surface area contributed by atoms with Crippen LogP contribution in [0.15, 0.2) is 12.4 Å². The van der Waals surface area contributed by atoms with Crippen molar-refractivity contribution in [2.45, 2.75) is 39.3 Å². The molecule has 1 saturated heterocycles. The lowest BCUT2D eigenvalue weighted by atomic mass is 10.0. The lowest BCUT2D eigenvalue weighted by Gasteiger charge is -2.21. The van der Waals surface area contributed by atoms with E-state index < -0.39 is 0 Å². The van der Waals surface area contributed by atoms with E-state index in [4.69, 9.17) is 16.3 Å². The Morgan fingerprint density at radius 1 is 1.43 bits per heavy atom. The molecular formula is C15H21ClN4O. The van der Waals surface area contributed by atoms with Gasteiger partial charge in [-0.15, -0.1) is 0 Å². The predicted octanol–water partition coefficient (Wildman–Crippen LogP) is 3.04. The van der Waals surface area contributed by atoms with Crippen LogP contribution in [0.5, 0.6) is 5.88 Å². The van der Waals surface area contributed by atoms with Crippen molar-refractivity contribution in [2.24, 2.45) is 5.92 Å². The minimum absolute atomic E-state index is 0.102. The highest BCUT2D eigenvalue weighted by Gasteiger charge is 2.25. The van der Waals surface area contributed by atoms with Gasteiger partial charge in [-0.1, -0.05) is 11.6 Å². The first-order chi connectivity index (χ1) is 10.1. The summed E-state index contributed by atoms with van der Waals surface area (Å²) in [5.74, 6) is 1.10. The lowest BCUT2D eigenvalue weighted by molar-refractivity contribution is 0.156. The largest absolute Gasteiger partial charge is 0.473 e. The number of halogens is 1. The fraction of sp³-hybridized carbons (Fsp3) is 0.600. The molecule has 0 bridgehead atoms. The number of rotatable bonds is 4. The van der Waals surface area contributed by atoms with Gasteiger partial charge in [0, 0.05) is 24.6 Å². The van der Waals surface area contributed by atoms with E-state index in [9.17, 15) is 0 Å². The molecule has 1 aliphatic heterocycles. The van der Waals surface area contributed by atoms with Crippen molar-refractivity contribution in [3.63, 3.8) is 0 Å². The maximum atomic E-state index is 6.15. The van der Waals surface area contributed by atoms with Crippen LogP contribution >= 0.6 is 11.6 Å². The second-order valence-electron chi connectivity index (χ2n) is 5.94. The first-order valence-electron chi connectivity index (χ1n) is 7.46. The quantitative estimate of drug-likeness (QED) is 0.882. The van der Waals surface area contributed by atoms with E-state index >= 15 is 0 Å². The average molecular weight is 309 g/mol. The second kappa shape index (κ2) is 5.81. The minimum atomic E-state index is 0.102. The third-order valence-electron chi connectivity index (χ3n) is 4.10. The summed E-state index contributed by atoms with van der Waals surface area (Å²) < 4.78 is 8.22. The summed E-state index contributed by atoms with van der Waals surface area (Å²) in [6.07, 6.45) is 3.06. The molecule has 21 heavy (non-hydrogen) atoms. The molecule has 1 fully saturated rings. The van der Waals surface area contributed by atoms with Gasteiger partial charge < -0.3 is 14.6 Å². The van der Waals surface area contributed by atoms with Gasteiger partial charge in [0.1, 0.15) is 16.8 Å². The van der Waals surface area contributed by atoms with Crippen molar-refractivity contribution < 1.29 is 4.74 Å². The van der Waals surface area contributed by atoms with Gasteiger partial charge in [0.25, 0.3) is 0 Å². The van der Waals surface area contributed by atoms with Crippen LogP contribution in [-0.2, 0) is 0 Å². The Balaban J connectivity index is 1.97. The number of nitrogens with one attached hydrogen (secondary N) is 1. The van der Waals surface area contributed by atoms with Gasteiger partial charge in [-0.25, -0.2) is 4.98 Å². The van der Waals surface area contributed by atoms with Crippen LogP contribution in [0.3, 0.4) is 0 Å². The molecule has 0 aliphatic carbocycles. The van der Waals surface area contributed by atoms with E-state index in [0.29, 0.717) is 23.0 Å². The summed E-state index contributed by atoms with van der Waals surface area (Å²) in [5.41, 5.74) is 1.75. The monoisotopic (exact) mass is 308 g/mol. The SMILES string of the molecule is CC(C)n1cnc2cc(Cl)nc(O[C@H](C)[C@@H]3CCNC3)c21. The van der Waals surface area contributed by atoms with Crippen molar-refractivity contribution in [1.82, 2.24) is 19.9 Å². The Hall–Kier alpha value is -1.33.